The van der Waals surface area contributed by atoms with Crippen LogP contribution < -0.4 is 16.2 Å². The molecule has 17 heavy (non-hydrogen) atoms. The van der Waals surface area contributed by atoms with Gasteiger partial charge >= 0.3 is 0 Å². The predicted molar refractivity (Wildman–Crippen MR) is 67.7 cm³/mol. The first-order valence-electron chi connectivity index (χ1n) is 5.67. The third-order valence-corrected chi connectivity index (χ3v) is 3.12. The normalized spacial score (nSPS) is 17.0. The van der Waals surface area contributed by atoms with E-state index < -0.39 is 0 Å². The van der Waals surface area contributed by atoms with Crippen molar-refractivity contribution in [3.8, 4) is 0 Å². The molecule has 94 valence electrons. The second-order valence-electron chi connectivity index (χ2n) is 3.95. The van der Waals surface area contributed by atoms with Crippen LogP contribution in [0.1, 0.15) is 0 Å². The summed E-state index contributed by atoms with van der Waals surface area (Å²) in [7, 11) is 0. The van der Waals surface area contributed by atoms with E-state index in [9.17, 15) is 4.79 Å². The molecule has 0 spiro atoms. The zero-order valence-electron chi connectivity index (χ0n) is 9.50. The molecule has 6 nitrogen and oxygen atoms in total. The number of hydrogen-bond acceptors (Lipinski definition) is 5. The minimum atomic E-state index is -0.362. The highest BCUT2D eigenvalue weighted by molar-refractivity contribution is 6.32. The average molecular weight is 258 g/mol. The Morgan fingerprint density at radius 3 is 3.00 bits per heavy atom. The Hall–Kier alpha value is -1.11. The van der Waals surface area contributed by atoms with Crippen LogP contribution in [0.25, 0.3) is 0 Å². The van der Waals surface area contributed by atoms with Crippen LogP contribution in [-0.4, -0.2) is 54.4 Å². The molecule has 3 N–H and O–H groups in total. The number of nitrogens with one attached hydrogen (secondary N) is 3. The molecule has 1 fully saturated rings. The Labute approximate surface area is 104 Å². The average Bonchev–Trinajstić information content (AvgIpc) is 2.36. The fourth-order valence-electron chi connectivity index (χ4n) is 1.79. The van der Waals surface area contributed by atoms with Crippen LogP contribution in [0.3, 0.4) is 0 Å². The van der Waals surface area contributed by atoms with Crippen LogP contribution in [0.4, 0.5) is 5.69 Å². The van der Waals surface area contributed by atoms with Crippen molar-refractivity contribution in [2.45, 2.75) is 0 Å². The van der Waals surface area contributed by atoms with Crippen molar-refractivity contribution < 1.29 is 0 Å². The summed E-state index contributed by atoms with van der Waals surface area (Å²) in [6.07, 6.45) is 1.53. The second kappa shape index (κ2) is 6.00. The van der Waals surface area contributed by atoms with Crippen molar-refractivity contribution in [3.63, 3.8) is 0 Å². The van der Waals surface area contributed by atoms with E-state index in [4.69, 9.17) is 11.6 Å². The van der Waals surface area contributed by atoms with Crippen LogP contribution in [-0.2, 0) is 0 Å². The monoisotopic (exact) mass is 257 g/mol. The number of aromatic nitrogens is 2. The van der Waals surface area contributed by atoms with E-state index in [-0.39, 0.29) is 10.6 Å². The third-order valence-electron chi connectivity index (χ3n) is 2.75. The molecule has 7 heteroatoms. The van der Waals surface area contributed by atoms with Gasteiger partial charge in [-0.1, -0.05) is 11.6 Å². The van der Waals surface area contributed by atoms with Gasteiger partial charge < -0.3 is 10.6 Å². The molecule has 1 aliphatic heterocycles. The standard InChI is InChI=1S/C10H16ClN5O/c11-9-8(7-14-15-10(9)17)13-3-6-16-4-1-12-2-5-16/h7,12H,1-6H2,(H2,13,15,17). The minimum Gasteiger partial charge on any atom is -0.381 e. The molecule has 0 atom stereocenters. The summed E-state index contributed by atoms with van der Waals surface area (Å²) in [6, 6.07) is 0. The summed E-state index contributed by atoms with van der Waals surface area (Å²) in [6.45, 7) is 5.88. The van der Waals surface area contributed by atoms with E-state index in [2.05, 4.69) is 25.7 Å². The molecule has 0 amide bonds. The molecule has 0 bridgehead atoms. The molecule has 0 saturated carbocycles. The Balaban J connectivity index is 1.81. The lowest BCUT2D eigenvalue weighted by atomic mass is 10.3. The van der Waals surface area contributed by atoms with Gasteiger partial charge in [0.05, 0.1) is 11.9 Å². The minimum absolute atomic E-state index is 0.167. The number of piperazine rings is 1. The molecule has 2 rings (SSSR count). The van der Waals surface area contributed by atoms with Gasteiger partial charge in [-0.25, -0.2) is 5.10 Å². The Morgan fingerprint density at radius 2 is 2.24 bits per heavy atom. The maximum absolute atomic E-state index is 11.2. The SMILES string of the molecule is O=c1[nH]ncc(NCCN2CCNCC2)c1Cl. The zero-order chi connectivity index (χ0) is 12.1. The smallest absolute Gasteiger partial charge is 0.285 e. The van der Waals surface area contributed by atoms with Crippen LogP contribution in [0.2, 0.25) is 5.02 Å². The maximum Gasteiger partial charge on any atom is 0.285 e. The molecule has 0 aliphatic carbocycles. The predicted octanol–water partition coefficient (Wildman–Crippen LogP) is -0.260. The lowest BCUT2D eigenvalue weighted by Gasteiger charge is -2.27. The van der Waals surface area contributed by atoms with Crippen LogP contribution in [0.15, 0.2) is 11.0 Å². The van der Waals surface area contributed by atoms with Crippen molar-refractivity contribution in [3.05, 3.63) is 21.6 Å². The Kier molecular flexibility index (Phi) is 4.36. The summed E-state index contributed by atoms with van der Waals surface area (Å²) in [4.78, 5) is 13.6. The molecule has 1 aliphatic rings. The van der Waals surface area contributed by atoms with Gasteiger partial charge in [0.1, 0.15) is 5.02 Å². The fraction of sp³-hybridized carbons (Fsp3) is 0.600. The Bertz CT molecular complexity index is 415. The van der Waals surface area contributed by atoms with E-state index in [1.807, 2.05) is 0 Å². The second-order valence-corrected chi connectivity index (χ2v) is 4.32. The third kappa shape index (κ3) is 3.42. The van der Waals surface area contributed by atoms with E-state index in [1.54, 1.807) is 0 Å². The Morgan fingerprint density at radius 1 is 1.47 bits per heavy atom. The van der Waals surface area contributed by atoms with Gasteiger partial charge in [-0.05, 0) is 0 Å². The molecule has 1 aromatic rings. The number of rotatable bonds is 4. The summed E-state index contributed by atoms with van der Waals surface area (Å²) >= 11 is 5.84. The quantitative estimate of drug-likeness (QED) is 0.693. The van der Waals surface area contributed by atoms with Crippen molar-refractivity contribution >= 4 is 17.3 Å². The molecule has 2 heterocycles. The van der Waals surface area contributed by atoms with Gasteiger partial charge in [-0.3, -0.25) is 9.69 Å². The van der Waals surface area contributed by atoms with Crippen LogP contribution in [0.5, 0.6) is 0 Å². The van der Waals surface area contributed by atoms with Gasteiger partial charge in [-0.2, -0.15) is 5.10 Å². The number of H-pyrrole nitrogens is 1. The first kappa shape index (κ1) is 12.3. The van der Waals surface area contributed by atoms with Crippen molar-refractivity contribution in [1.82, 2.24) is 20.4 Å². The molecular formula is C10H16ClN5O. The summed E-state index contributed by atoms with van der Waals surface area (Å²) < 4.78 is 0. The van der Waals surface area contributed by atoms with Gasteiger partial charge in [0.2, 0.25) is 0 Å². The summed E-state index contributed by atoms with van der Waals surface area (Å²) in [5, 5.41) is 12.6. The summed E-state index contributed by atoms with van der Waals surface area (Å²) in [5.74, 6) is 0. The highest BCUT2D eigenvalue weighted by Gasteiger charge is 2.09. The fourth-order valence-corrected chi connectivity index (χ4v) is 1.95. The first-order chi connectivity index (χ1) is 8.27. The molecule has 0 aromatic carbocycles. The molecular weight excluding hydrogens is 242 g/mol. The molecule has 1 aromatic heterocycles. The van der Waals surface area contributed by atoms with E-state index in [0.29, 0.717) is 5.69 Å². The molecule has 0 radical (unpaired) electrons. The lowest BCUT2D eigenvalue weighted by Crippen LogP contribution is -2.45. The zero-order valence-corrected chi connectivity index (χ0v) is 10.3. The van der Waals surface area contributed by atoms with Crippen molar-refractivity contribution in [2.75, 3.05) is 44.6 Å². The maximum atomic E-state index is 11.2. The van der Waals surface area contributed by atoms with E-state index in [1.165, 1.54) is 6.20 Å². The van der Waals surface area contributed by atoms with E-state index >= 15 is 0 Å². The topological polar surface area (TPSA) is 73.0 Å². The molecule has 1 saturated heterocycles. The number of hydrogen-bond donors (Lipinski definition) is 3. The van der Waals surface area contributed by atoms with Crippen LogP contribution in [0, 0.1) is 0 Å². The number of halogens is 1. The van der Waals surface area contributed by atoms with Crippen LogP contribution >= 0.6 is 11.6 Å². The summed E-state index contributed by atoms with van der Waals surface area (Å²) in [5.41, 5.74) is 0.226. The largest absolute Gasteiger partial charge is 0.381 e. The van der Waals surface area contributed by atoms with E-state index in [0.717, 1.165) is 39.3 Å². The van der Waals surface area contributed by atoms with Gasteiger partial charge in [0, 0.05) is 39.3 Å². The van der Waals surface area contributed by atoms with Gasteiger partial charge in [-0.15, -0.1) is 0 Å². The molecule has 0 unspecified atom stereocenters. The number of anilines is 1. The highest BCUT2D eigenvalue weighted by atomic mass is 35.5. The van der Waals surface area contributed by atoms with Gasteiger partial charge in [0.15, 0.2) is 0 Å². The first-order valence-corrected chi connectivity index (χ1v) is 6.05. The number of nitrogens with zero attached hydrogens (tertiary/aromatic N) is 2. The van der Waals surface area contributed by atoms with Crippen molar-refractivity contribution in [1.29, 1.82) is 0 Å². The van der Waals surface area contributed by atoms with Gasteiger partial charge in [0.25, 0.3) is 5.56 Å². The lowest BCUT2D eigenvalue weighted by molar-refractivity contribution is 0.249. The highest BCUT2D eigenvalue weighted by Crippen LogP contribution is 2.13. The van der Waals surface area contributed by atoms with Crippen molar-refractivity contribution in [2.24, 2.45) is 0 Å². The number of aromatic amines is 1.